The highest BCUT2D eigenvalue weighted by molar-refractivity contribution is 6.31. The summed E-state index contributed by atoms with van der Waals surface area (Å²) in [7, 11) is 3.13. The summed E-state index contributed by atoms with van der Waals surface area (Å²) in [5.41, 5.74) is 7.68. The molecule has 1 fully saturated rings. The number of carbonyl (C=O) groups excluding carboxylic acids is 1. The third-order valence-corrected chi connectivity index (χ3v) is 4.51. The van der Waals surface area contributed by atoms with Gasteiger partial charge in [-0.3, -0.25) is 4.79 Å². The molecular weight excluding hydrogens is 342 g/mol. The Kier molecular flexibility index (Phi) is 5.43. The molecule has 2 atom stereocenters. The lowest BCUT2D eigenvalue weighted by molar-refractivity contribution is -0.117. The SMILES string of the molecule is COc1ccc(OC)c(NC(=O)C2CC(c3ccccc3Cl)NN2)c1. The summed E-state index contributed by atoms with van der Waals surface area (Å²) in [5, 5.41) is 3.56. The van der Waals surface area contributed by atoms with Gasteiger partial charge in [-0.1, -0.05) is 29.8 Å². The Bertz CT molecular complexity index is 769. The van der Waals surface area contributed by atoms with E-state index in [1.807, 2.05) is 24.3 Å². The lowest BCUT2D eigenvalue weighted by atomic mass is 10.0. The number of nitrogens with one attached hydrogen (secondary N) is 3. The number of methoxy groups -OCH3 is 2. The molecule has 3 N–H and O–H groups in total. The van der Waals surface area contributed by atoms with Gasteiger partial charge in [-0.25, -0.2) is 10.9 Å². The minimum absolute atomic E-state index is 0.0309. The van der Waals surface area contributed by atoms with Crippen LogP contribution in [0.2, 0.25) is 5.02 Å². The van der Waals surface area contributed by atoms with E-state index in [1.165, 1.54) is 0 Å². The standard InChI is InChI=1S/C18H20ClN3O3/c1-24-11-7-8-17(25-2)15(9-11)20-18(23)16-10-14(21-22-16)12-5-3-4-6-13(12)19/h3-9,14,16,21-22H,10H2,1-2H3,(H,20,23). The van der Waals surface area contributed by atoms with Gasteiger partial charge in [-0.05, 0) is 30.2 Å². The Morgan fingerprint density at radius 1 is 1.16 bits per heavy atom. The van der Waals surface area contributed by atoms with Crippen LogP contribution in [0.1, 0.15) is 18.0 Å². The van der Waals surface area contributed by atoms with Crippen molar-refractivity contribution in [2.45, 2.75) is 18.5 Å². The number of halogens is 1. The number of ether oxygens (including phenoxy) is 2. The fraction of sp³-hybridized carbons (Fsp3) is 0.278. The fourth-order valence-corrected chi connectivity index (χ4v) is 3.09. The van der Waals surface area contributed by atoms with Crippen LogP contribution in [0, 0.1) is 0 Å². The third kappa shape index (κ3) is 3.87. The van der Waals surface area contributed by atoms with E-state index in [1.54, 1.807) is 32.4 Å². The van der Waals surface area contributed by atoms with Crippen LogP contribution in [-0.4, -0.2) is 26.2 Å². The maximum Gasteiger partial charge on any atom is 0.243 e. The van der Waals surface area contributed by atoms with E-state index in [-0.39, 0.29) is 11.9 Å². The molecule has 25 heavy (non-hydrogen) atoms. The molecule has 2 unspecified atom stereocenters. The first kappa shape index (κ1) is 17.5. The lowest BCUT2D eigenvalue weighted by Gasteiger charge is -2.14. The molecule has 7 heteroatoms. The van der Waals surface area contributed by atoms with Crippen LogP contribution in [0.4, 0.5) is 5.69 Å². The van der Waals surface area contributed by atoms with Crippen molar-refractivity contribution in [3.8, 4) is 11.5 Å². The normalized spacial score (nSPS) is 19.5. The van der Waals surface area contributed by atoms with Gasteiger partial charge in [0.1, 0.15) is 17.5 Å². The van der Waals surface area contributed by atoms with Crippen molar-refractivity contribution in [1.29, 1.82) is 0 Å². The number of benzene rings is 2. The van der Waals surface area contributed by atoms with Gasteiger partial charge in [-0.2, -0.15) is 0 Å². The minimum Gasteiger partial charge on any atom is -0.497 e. The summed E-state index contributed by atoms with van der Waals surface area (Å²) in [6.07, 6.45) is 0.585. The molecule has 1 aliphatic rings. The van der Waals surface area contributed by atoms with Crippen LogP contribution in [0.5, 0.6) is 11.5 Å². The van der Waals surface area contributed by atoms with Crippen molar-refractivity contribution in [2.75, 3.05) is 19.5 Å². The quantitative estimate of drug-likeness (QED) is 0.763. The van der Waals surface area contributed by atoms with Gasteiger partial charge in [0.2, 0.25) is 5.91 Å². The molecule has 0 bridgehead atoms. The highest BCUT2D eigenvalue weighted by atomic mass is 35.5. The second-order valence-corrected chi connectivity index (χ2v) is 6.11. The van der Waals surface area contributed by atoms with Gasteiger partial charge in [0.15, 0.2) is 0 Å². The average molecular weight is 362 g/mol. The molecule has 1 amide bonds. The molecule has 1 saturated heterocycles. The first-order chi connectivity index (χ1) is 12.1. The number of anilines is 1. The van der Waals surface area contributed by atoms with Crippen molar-refractivity contribution in [3.63, 3.8) is 0 Å². The highest BCUT2D eigenvalue weighted by Gasteiger charge is 2.31. The first-order valence-electron chi connectivity index (χ1n) is 7.90. The fourth-order valence-electron chi connectivity index (χ4n) is 2.82. The largest absolute Gasteiger partial charge is 0.497 e. The van der Waals surface area contributed by atoms with E-state index in [9.17, 15) is 4.79 Å². The number of hydrazine groups is 1. The smallest absolute Gasteiger partial charge is 0.243 e. The molecule has 0 radical (unpaired) electrons. The van der Waals surface area contributed by atoms with Gasteiger partial charge in [-0.15, -0.1) is 0 Å². The molecule has 0 spiro atoms. The van der Waals surface area contributed by atoms with E-state index < -0.39 is 6.04 Å². The van der Waals surface area contributed by atoms with Crippen molar-refractivity contribution >= 4 is 23.2 Å². The van der Waals surface area contributed by atoms with Crippen LogP contribution >= 0.6 is 11.6 Å². The number of rotatable bonds is 5. The molecule has 3 rings (SSSR count). The van der Waals surface area contributed by atoms with Crippen molar-refractivity contribution < 1.29 is 14.3 Å². The Hall–Kier alpha value is -2.28. The molecule has 6 nitrogen and oxygen atoms in total. The Labute approximate surface area is 151 Å². The summed E-state index contributed by atoms with van der Waals surface area (Å²) in [5.74, 6) is 1.05. The number of amides is 1. The van der Waals surface area contributed by atoms with E-state index >= 15 is 0 Å². The summed E-state index contributed by atoms with van der Waals surface area (Å²) >= 11 is 6.24. The van der Waals surface area contributed by atoms with Crippen molar-refractivity contribution in [3.05, 3.63) is 53.1 Å². The van der Waals surface area contributed by atoms with Gasteiger partial charge in [0.05, 0.1) is 19.9 Å². The van der Waals surface area contributed by atoms with Crippen molar-refractivity contribution in [1.82, 2.24) is 10.9 Å². The Morgan fingerprint density at radius 3 is 2.68 bits per heavy atom. The molecule has 132 valence electrons. The average Bonchev–Trinajstić information content (AvgIpc) is 3.12. The molecule has 2 aromatic rings. The van der Waals surface area contributed by atoms with E-state index in [0.29, 0.717) is 28.6 Å². The zero-order chi connectivity index (χ0) is 17.8. The molecule has 1 aliphatic heterocycles. The lowest BCUT2D eigenvalue weighted by Crippen LogP contribution is -2.39. The zero-order valence-corrected chi connectivity index (χ0v) is 14.8. The zero-order valence-electron chi connectivity index (χ0n) is 14.0. The predicted octanol–water partition coefficient (Wildman–Crippen LogP) is 2.90. The molecular formula is C18H20ClN3O3. The summed E-state index contributed by atoms with van der Waals surface area (Å²) in [6.45, 7) is 0. The number of hydrogen-bond acceptors (Lipinski definition) is 5. The van der Waals surface area contributed by atoms with E-state index in [4.69, 9.17) is 21.1 Å². The molecule has 2 aromatic carbocycles. The second-order valence-electron chi connectivity index (χ2n) is 5.71. The van der Waals surface area contributed by atoms with Crippen LogP contribution in [0.15, 0.2) is 42.5 Å². The maximum atomic E-state index is 12.6. The molecule has 1 heterocycles. The minimum atomic E-state index is -0.392. The van der Waals surface area contributed by atoms with Gasteiger partial charge >= 0.3 is 0 Å². The number of hydrogen-bond donors (Lipinski definition) is 3. The maximum absolute atomic E-state index is 12.6. The van der Waals surface area contributed by atoms with Crippen LogP contribution < -0.4 is 25.6 Å². The van der Waals surface area contributed by atoms with Crippen molar-refractivity contribution in [2.24, 2.45) is 0 Å². The van der Waals surface area contributed by atoms with Crippen LogP contribution in [0.25, 0.3) is 0 Å². The summed E-state index contributed by atoms with van der Waals surface area (Å²) in [6, 6.07) is 12.4. The predicted molar refractivity (Wildman–Crippen MR) is 97.0 cm³/mol. The molecule has 0 aliphatic carbocycles. The molecule has 0 saturated carbocycles. The Balaban J connectivity index is 1.70. The monoisotopic (exact) mass is 361 g/mol. The van der Waals surface area contributed by atoms with Crippen LogP contribution in [0.3, 0.4) is 0 Å². The van der Waals surface area contributed by atoms with Gasteiger partial charge < -0.3 is 14.8 Å². The van der Waals surface area contributed by atoms with E-state index in [2.05, 4.69) is 16.2 Å². The van der Waals surface area contributed by atoms with E-state index in [0.717, 1.165) is 5.56 Å². The van der Waals surface area contributed by atoms with Crippen LogP contribution in [-0.2, 0) is 4.79 Å². The highest BCUT2D eigenvalue weighted by Crippen LogP contribution is 2.31. The second kappa shape index (κ2) is 7.74. The summed E-state index contributed by atoms with van der Waals surface area (Å²) < 4.78 is 10.5. The Morgan fingerprint density at radius 2 is 1.96 bits per heavy atom. The molecule has 0 aromatic heterocycles. The summed E-state index contributed by atoms with van der Waals surface area (Å²) in [4.78, 5) is 12.6. The van der Waals surface area contributed by atoms with Gasteiger partial charge in [0.25, 0.3) is 0 Å². The third-order valence-electron chi connectivity index (χ3n) is 4.16. The number of carbonyl (C=O) groups is 1. The van der Waals surface area contributed by atoms with Gasteiger partial charge in [0, 0.05) is 17.1 Å². The topological polar surface area (TPSA) is 71.6 Å². The first-order valence-corrected chi connectivity index (χ1v) is 8.28.